The van der Waals surface area contributed by atoms with E-state index in [1.165, 1.54) is 31.3 Å². The van der Waals surface area contributed by atoms with Gasteiger partial charge in [-0.2, -0.15) is 0 Å². The number of ether oxygens (including phenoxy) is 1. The van der Waals surface area contributed by atoms with Crippen molar-refractivity contribution in [3.05, 3.63) is 11.6 Å². The second-order valence-electron chi connectivity index (χ2n) is 7.06. The summed E-state index contributed by atoms with van der Waals surface area (Å²) in [6, 6.07) is 0. The molecular weight excluding hydrogens is 248 g/mol. The van der Waals surface area contributed by atoms with Gasteiger partial charge in [-0.05, 0) is 50.4 Å². The zero-order valence-electron chi connectivity index (χ0n) is 14.0. The van der Waals surface area contributed by atoms with Crippen LogP contribution in [0, 0.1) is 17.3 Å². The van der Waals surface area contributed by atoms with Gasteiger partial charge in [-0.15, -0.1) is 0 Å². The molecule has 0 aromatic heterocycles. The molecule has 0 aromatic carbocycles. The molecule has 2 nitrogen and oxygen atoms in total. The molecule has 0 saturated heterocycles. The van der Waals surface area contributed by atoms with Gasteiger partial charge < -0.3 is 4.74 Å². The Bertz CT molecular complexity index is 341. The van der Waals surface area contributed by atoms with E-state index in [1.54, 1.807) is 0 Å². The lowest BCUT2D eigenvalue weighted by Crippen LogP contribution is -2.33. The van der Waals surface area contributed by atoms with Crippen molar-refractivity contribution in [1.82, 2.24) is 0 Å². The minimum absolute atomic E-state index is 0.113. The molecule has 1 aliphatic carbocycles. The Kier molecular flexibility index (Phi) is 6.78. The summed E-state index contributed by atoms with van der Waals surface area (Å²) in [6.45, 7) is 11.7. The molecule has 0 aliphatic heterocycles. The van der Waals surface area contributed by atoms with Crippen LogP contribution < -0.4 is 0 Å². The lowest BCUT2D eigenvalue weighted by molar-refractivity contribution is -0.142. The maximum atomic E-state index is 11.3. The number of esters is 1. The molecule has 1 fully saturated rings. The van der Waals surface area contributed by atoms with E-state index in [0.29, 0.717) is 18.4 Å². The molecule has 1 aliphatic rings. The molecule has 0 spiro atoms. The van der Waals surface area contributed by atoms with Crippen molar-refractivity contribution in [1.29, 1.82) is 0 Å². The molecule has 2 atom stereocenters. The highest BCUT2D eigenvalue weighted by Gasteiger charge is 2.36. The van der Waals surface area contributed by atoms with Gasteiger partial charge in [0.15, 0.2) is 0 Å². The first-order valence-electron chi connectivity index (χ1n) is 8.18. The van der Waals surface area contributed by atoms with Crippen molar-refractivity contribution in [3.63, 3.8) is 0 Å². The molecule has 0 amide bonds. The molecular formula is C18H32O2. The van der Waals surface area contributed by atoms with Gasteiger partial charge in [-0.3, -0.25) is 4.79 Å². The average Bonchev–Trinajstić information content (AvgIpc) is 2.35. The van der Waals surface area contributed by atoms with Gasteiger partial charge in [0.2, 0.25) is 0 Å². The van der Waals surface area contributed by atoms with E-state index in [2.05, 4.69) is 27.7 Å². The second-order valence-corrected chi connectivity index (χ2v) is 7.06. The average molecular weight is 280 g/mol. The van der Waals surface area contributed by atoms with E-state index in [1.807, 2.05) is 13.0 Å². The van der Waals surface area contributed by atoms with E-state index >= 15 is 0 Å². The van der Waals surface area contributed by atoms with Gasteiger partial charge in [-0.25, -0.2) is 0 Å². The number of hydrogen-bond donors (Lipinski definition) is 0. The maximum absolute atomic E-state index is 11.3. The predicted octanol–water partition coefficient (Wildman–Crippen LogP) is 5.13. The highest BCUT2D eigenvalue weighted by molar-refractivity contribution is 5.71. The third-order valence-corrected chi connectivity index (χ3v) is 4.94. The second kappa shape index (κ2) is 7.85. The summed E-state index contributed by atoms with van der Waals surface area (Å²) in [6.07, 6.45) is 8.93. The van der Waals surface area contributed by atoms with E-state index in [-0.39, 0.29) is 5.97 Å². The zero-order valence-corrected chi connectivity index (χ0v) is 14.0. The molecule has 0 bridgehead atoms. The van der Waals surface area contributed by atoms with Crippen LogP contribution in [-0.2, 0) is 9.53 Å². The summed E-state index contributed by atoms with van der Waals surface area (Å²) < 4.78 is 4.95. The minimum atomic E-state index is -0.113. The fourth-order valence-electron chi connectivity index (χ4n) is 3.67. The molecule has 116 valence electrons. The summed E-state index contributed by atoms with van der Waals surface area (Å²) in [4.78, 5) is 11.3. The van der Waals surface area contributed by atoms with Crippen LogP contribution >= 0.6 is 0 Å². The number of hydrogen-bond acceptors (Lipinski definition) is 2. The summed E-state index contributed by atoms with van der Waals surface area (Å²) in [7, 11) is 0. The van der Waals surface area contributed by atoms with Crippen LogP contribution in [0.5, 0.6) is 0 Å². The van der Waals surface area contributed by atoms with Crippen LogP contribution in [0.2, 0.25) is 0 Å². The van der Waals surface area contributed by atoms with Crippen molar-refractivity contribution in [2.75, 3.05) is 6.61 Å². The number of carbonyl (C=O) groups is 1. The molecule has 2 unspecified atom stereocenters. The third kappa shape index (κ3) is 5.30. The van der Waals surface area contributed by atoms with E-state index in [9.17, 15) is 4.79 Å². The van der Waals surface area contributed by atoms with Crippen LogP contribution in [0.1, 0.15) is 73.1 Å². The summed E-state index contributed by atoms with van der Waals surface area (Å²) >= 11 is 0. The molecule has 1 saturated carbocycles. The number of rotatable bonds is 6. The SMILES string of the molecule is CCOC(=O)C/C=C(\C)CCC1C(C)CCCC1(C)C. The molecule has 0 heterocycles. The van der Waals surface area contributed by atoms with Gasteiger partial charge in [-0.1, -0.05) is 45.3 Å². The molecule has 0 N–H and O–H groups in total. The highest BCUT2D eigenvalue weighted by atomic mass is 16.5. The smallest absolute Gasteiger partial charge is 0.309 e. The van der Waals surface area contributed by atoms with Crippen LogP contribution in [0.25, 0.3) is 0 Å². The molecule has 2 heteroatoms. The Labute approximate surface area is 125 Å². The van der Waals surface area contributed by atoms with Gasteiger partial charge >= 0.3 is 5.97 Å². The normalized spacial score (nSPS) is 26.4. The fraction of sp³-hybridized carbons (Fsp3) is 0.833. The standard InChI is InChI=1S/C18H32O2/c1-6-20-17(19)12-10-14(2)9-11-16-15(3)8-7-13-18(16,4)5/h10,15-16H,6-9,11-13H2,1-5H3/b14-10+. The van der Waals surface area contributed by atoms with Crippen molar-refractivity contribution < 1.29 is 9.53 Å². The van der Waals surface area contributed by atoms with Gasteiger partial charge in [0.1, 0.15) is 0 Å². The number of allylic oxidation sites excluding steroid dienone is 1. The van der Waals surface area contributed by atoms with Crippen molar-refractivity contribution in [3.8, 4) is 0 Å². The van der Waals surface area contributed by atoms with Crippen molar-refractivity contribution in [2.45, 2.75) is 73.1 Å². The predicted molar refractivity (Wildman–Crippen MR) is 84.5 cm³/mol. The Morgan fingerprint density at radius 1 is 1.40 bits per heavy atom. The van der Waals surface area contributed by atoms with E-state index in [4.69, 9.17) is 4.74 Å². The Morgan fingerprint density at radius 3 is 2.70 bits per heavy atom. The van der Waals surface area contributed by atoms with Gasteiger partial charge in [0.25, 0.3) is 0 Å². The van der Waals surface area contributed by atoms with Gasteiger partial charge in [0.05, 0.1) is 13.0 Å². The van der Waals surface area contributed by atoms with Crippen molar-refractivity contribution in [2.24, 2.45) is 17.3 Å². The first kappa shape index (κ1) is 17.3. The fourth-order valence-corrected chi connectivity index (χ4v) is 3.67. The Morgan fingerprint density at radius 2 is 2.10 bits per heavy atom. The van der Waals surface area contributed by atoms with Crippen LogP contribution in [-0.4, -0.2) is 12.6 Å². The van der Waals surface area contributed by atoms with Crippen molar-refractivity contribution >= 4 is 5.97 Å². The van der Waals surface area contributed by atoms with Crippen LogP contribution in [0.15, 0.2) is 11.6 Å². The maximum Gasteiger partial charge on any atom is 0.309 e. The summed E-state index contributed by atoms with van der Waals surface area (Å²) in [5.74, 6) is 1.53. The topological polar surface area (TPSA) is 26.3 Å². The monoisotopic (exact) mass is 280 g/mol. The summed E-state index contributed by atoms with van der Waals surface area (Å²) in [5, 5.41) is 0. The molecule has 0 radical (unpaired) electrons. The van der Waals surface area contributed by atoms with E-state index < -0.39 is 0 Å². The Balaban J connectivity index is 2.44. The first-order chi connectivity index (χ1) is 9.36. The van der Waals surface area contributed by atoms with Crippen LogP contribution in [0.3, 0.4) is 0 Å². The lowest BCUT2D eigenvalue weighted by atomic mass is 9.62. The molecule has 0 aromatic rings. The Hall–Kier alpha value is -0.790. The first-order valence-corrected chi connectivity index (χ1v) is 8.18. The highest BCUT2D eigenvalue weighted by Crippen LogP contribution is 2.46. The summed E-state index contributed by atoms with van der Waals surface area (Å²) in [5.41, 5.74) is 1.80. The molecule has 1 rings (SSSR count). The van der Waals surface area contributed by atoms with E-state index in [0.717, 1.165) is 18.3 Å². The minimum Gasteiger partial charge on any atom is -0.466 e. The van der Waals surface area contributed by atoms with Crippen LogP contribution in [0.4, 0.5) is 0 Å². The third-order valence-electron chi connectivity index (χ3n) is 4.94. The largest absolute Gasteiger partial charge is 0.466 e. The number of carbonyl (C=O) groups excluding carboxylic acids is 1. The van der Waals surface area contributed by atoms with Gasteiger partial charge in [0, 0.05) is 0 Å². The lowest BCUT2D eigenvalue weighted by Gasteiger charge is -2.43. The zero-order chi connectivity index (χ0) is 15.2. The quantitative estimate of drug-likeness (QED) is 0.498. The molecule has 20 heavy (non-hydrogen) atoms.